The van der Waals surface area contributed by atoms with Gasteiger partial charge >= 0.3 is 0 Å². The summed E-state index contributed by atoms with van der Waals surface area (Å²) in [5.74, 6) is 0. The Hall–Kier alpha value is -2.16. The molecular weight excluding hydrogens is 222 g/mol. The smallest absolute Gasteiger partial charge is 0.116 e. The van der Waals surface area contributed by atoms with E-state index in [1.165, 1.54) is 33.3 Å². The zero-order valence-electron chi connectivity index (χ0n) is 10.2. The first kappa shape index (κ1) is 9.83. The molecule has 0 saturated carbocycles. The molecule has 0 unspecified atom stereocenters. The van der Waals surface area contributed by atoms with Crippen LogP contribution in [0.25, 0.3) is 22.3 Å². The normalized spacial score (nSPS) is 13.4. The lowest BCUT2D eigenvalue weighted by Gasteiger charge is -2.14. The number of fused-ring (bicyclic) bond motifs is 5. The second-order valence-electron chi connectivity index (χ2n) is 4.87. The number of aryl methyl sites for hydroxylation is 3. The van der Waals surface area contributed by atoms with Crippen molar-refractivity contribution in [2.75, 3.05) is 0 Å². The maximum absolute atomic E-state index is 4.44. The van der Waals surface area contributed by atoms with Crippen molar-refractivity contribution in [3.63, 3.8) is 0 Å². The van der Waals surface area contributed by atoms with Crippen LogP contribution in [0.5, 0.6) is 0 Å². The first-order valence-electron chi connectivity index (χ1n) is 6.24. The highest BCUT2D eigenvalue weighted by Crippen LogP contribution is 2.36. The van der Waals surface area contributed by atoms with Crippen LogP contribution in [0, 0.1) is 6.92 Å². The Morgan fingerprint density at radius 3 is 3.11 bits per heavy atom. The van der Waals surface area contributed by atoms with Gasteiger partial charge < -0.3 is 4.98 Å². The van der Waals surface area contributed by atoms with Gasteiger partial charge in [-0.1, -0.05) is 18.2 Å². The fourth-order valence-corrected chi connectivity index (χ4v) is 2.91. The van der Waals surface area contributed by atoms with Gasteiger partial charge in [0.1, 0.15) is 6.33 Å². The van der Waals surface area contributed by atoms with Gasteiger partial charge in [0, 0.05) is 17.1 Å². The number of nitrogens with zero attached hydrogens (tertiary/aromatic N) is 2. The number of nitrogens with one attached hydrogen (secondary N) is 1. The number of benzene rings is 1. The molecule has 0 atom stereocenters. The molecule has 3 aromatic rings. The number of aromatic nitrogens is 3. The van der Waals surface area contributed by atoms with Gasteiger partial charge in [-0.25, -0.2) is 9.97 Å². The molecule has 4 rings (SSSR count). The van der Waals surface area contributed by atoms with Crippen LogP contribution in [-0.2, 0) is 12.8 Å². The van der Waals surface area contributed by atoms with Gasteiger partial charge in [-0.15, -0.1) is 0 Å². The van der Waals surface area contributed by atoms with E-state index in [0.29, 0.717) is 0 Å². The summed E-state index contributed by atoms with van der Waals surface area (Å²) in [6, 6.07) is 6.47. The van der Waals surface area contributed by atoms with E-state index in [2.05, 4.69) is 40.1 Å². The Labute approximate surface area is 105 Å². The molecule has 1 aliphatic rings. The van der Waals surface area contributed by atoms with Gasteiger partial charge in [0.15, 0.2) is 0 Å². The van der Waals surface area contributed by atoms with Crippen molar-refractivity contribution in [1.82, 2.24) is 15.0 Å². The van der Waals surface area contributed by atoms with Crippen molar-refractivity contribution in [3.05, 3.63) is 47.4 Å². The van der Waals surface area contributed by atoms with Crippen molar-refractivity contribution in [2.45, 2.75) is 19.8 Å². The van der Waals surface area contributed by atoms with Gasteiger partial charge in [-0.3, -0.25) is 0 Å². The fraction of sp³-hybridized carbons (Fsp3) is 0.200. The second kappa shape index (κ2) is 3.42. The van der Waals surface area contributed by atoms with Crippen LogP contribution in [0.2, 0.25) is 0 Å². The lowest BCUT2D eigenvalue weighted by atomic mass is 9.93. The third kappa shape index (κ3) is 1.19. The molecule has 88 valence electrons. The van der Waals surface area contributed by atoms with E-state index in [-0.39, 0.29) is 0 Å². The van der Waals surface area contributed by atoms with Crippen molar-refractivity contribution in [3.8, 4) is 11.4 Å². The predicted molar refractivity (Wildman–Crippen MR) is 71.5 cm³/mol. The van der Waals surface area contributed by atoms with E-state index < -0.39 is 0 Å². The average molecular weight is 235 g/mol. The quantitative estimate of drug-likeness (QED) is 0.650. The first-order chi connectivity index (χ1) is 8.84. The van der Waals surface area contributed by atoms with Gasteiger partial charge in [0.05, 0.1) is 11.4 Å². The molecule has 0 amide bonds. The maximum atomic E-state index is 4.44. The summed E-state index contributed by atoms with van der Waals surface area (Å²) in [6.45, 7) is 2.14. The van der Waals surface area contributed by atoms with E-state index in [4.69, 9.17) is 0 Å². The lowest BCUT2D eigenvalue weighted by Crippen LogP contribution is -2.05. The summed E-state index contributed by atoms with van der Waals surface area (Å²) >= 11 is 0. The van der Waals surface area contributed by atoms with Crippen LogP contribution in [0.1, 0.15) is 16.7 Å². The zero-order valence-corrected chi connectivity index (χ0v) is 10.2. The van der Waals surface area contributed by atoms with Gasteiger partial charge in [0.2, 0.25) is 0 Å². The molecule has 1 aliphatic carbocycles. The number of para-hydroxylation sites is 1. The minimum absolute atomic E-state index is 1.03. The Kier molecular flexibility index (Phi) is 1.87. The summed E-state index contributed by atoms with van der Waals surface area (Å²) in [5.41, 5.74) is 7.44. The third-order valence-corrected chi connectivity index (χ3v) is 3.82. The lowest BCUT2D eigenvalue weighted by molar-refractivity contribution is 0.913. The molecular formula is C15H13N3. The van der Waals surface area contributed by atoms with E-state index in [1.54, 1.807) is 6.33 Å². The number of hydrogen-bond donors (Lipinski definition) is 1. The van der Waals surface area contributed by atoms with Crippen LogP contribution in [-0.4, -0.2) is 15.0 Å². The number of hydrogen-bond acceptors (Lipinski definition) is 2. The topological polar surface area (TPSA) is 41.6 Å². The van der Waals surface area contributed by atoms with Gasteiger partial charge in [-0.2, -0.15) is 0 Å². The van der Waals surface area contributed by atoms with Crippen LogP contribution >= 0.6 is 0 Å². The maximum Gasteiger partial charge on any atom is 0.116 e. The summed E-state index contributed by atoms with van der Waals surface area (Å²) in [4.78, 5) is 12.1. The molecule has 0 fully saturated rings. The second-order valence-corrected chi connectivity index (χ2v) is 4.87. The standard InChI is InChI=1S/C15H13N3/c1-9-3-2-4-11-12-6-5-10-7-16-8-17-14(10)15(12)18-13(9)11/h2-4,7-8,18H,5-6H2,1H3. The molecule has 18 heavy (non-hydrogen) atoms. The predicted octanol–water partition coefficient (Wildman–Crippen LogP) is 3.03. The molecule has 3 nitrogen and oxygen atoms in total. The van der Waals surface area contributed by atoms with Crippen LogP contribution in [0.3, 0.4) is 0 Å². The van der Waals surface area contributed by atoms with Gasteiger partial charge in [-0.05, 0) is 36.5 Å². The Balaban J connectivity index is 2.11. The molecule has 0 bridgehead atoms. The summed E-state index contributed by atoms with van der Waals surface area (Å²) in [7, 11) is 0. The van der Waals surface area contributed by atoms with E-state index >= 15 is 0 Å². The summed E-state index contributed by atoms with van der Waals surface area (Å²) in [6.07, 6.45) is 5.67. The molecule has 0 radical (unpaired) electrons. The molecule has 2 heterocycles. The zero-order chi connectivity index (χ0) is 12.1. The van der Waals surface area contributed by atoms with Crippen LogP contribution < -0.4 is 0 Å². The van der Waals surface area contributed by atoms with E-state index in [9.17, 15) is 0 Å². The summed E-state index contributed by atoms with van der Waals surface area (Å²) in [5, 5.41) is 1.34. The Bertz CT molecular complexity index is 756. The van der Waals surface area contributed by atoms with Crippen molar-refractivity contribution in [1.29, 1.82) is 0 Å². The first-order valence-corrected chi connectivity index (χ1v) is 6.24. The summed E-state index contributed by atoms with van der Waals surface area (Å²) < 4.78 is 0. The minimum atomic E-state index is 1.03. The van der Waals surface area contributed by atoms with Crippen molar-refractivity contribution < 1.29 is 0 Å². The van der Waals surface area contributed by atoms with Crippen molar-refractivity contribution >= 4 is 10.9 Å². The molecule has 0 spiro atoms. The molecule has 1 aromatic carbocycles. The van der Waals surface area contributed by atoms with E-state index in [1.807, 2.05) is 6.20 Å². The van der Waals surface area contributed by atoms with Crippen molar-refractivity contribution in [2.24, 2.45) is 0 Å². The highest BCUT2D eigenvalue weighted by atomic mass is 14.9. The monoisotopic (exact) mass is 235 g/mol. The van der Waals surface area contributed by atoms with E-state index in [0.717, 1.165) is 18.5 Å². The SMILES string of the molecule is Cc1cccc2c3c([nH]c12)-c1ncncc1CC3. The number of rotatable bonds is 0. The minimum Gasteiger partial charge on any atom is -0.353 e. The Morgan fingerprint density at radius 1 is 1.22 bits per heavy atom. The van der Waals surface area contributed by atoms with Gasteiger partial charge in [0.25, 0.3) is 0 Å². The highest BCUT2D eigenvalue weighted by Gasteiger charge is 2.21. The molecule has 0 saturated heterocycles. The average Bonchev–Trinajstić information content (AvgIpc) is 2.79. The molecule has 2 aromatic heterocycles. The van der Waals surface area contributed by atoms with Crippen LogP contribution in [0.15, 0.2) is 30.7 Å². The molecule has 1 N–H and O–H groups in total. The third-order valence-electron chi connectivity index (χ3n) is 3.82. The number of aromatic amines is 1. The highest BCUT2D eigenvalue weighted by molar-refractivity contribution is 5.93. The fourth-order valence-electron chi connectivity index (χ4n) is 2.91. The van der Waals surface area contributed by atoms with Crippen LogP contribution in [0.4, 0.5) is 0 Å². The molecule has 0 aliphatic heterocycles. The largest absolute Gasteiger partial charge is 0.353 e. The molecule has 3 heteroatoms. The Morgan fingerprint density at radius 2 is 2.17 bits per heavy atom. The number of H-pyrrole nitrogens is 1.